The van der Waals surface area contributed by atoms with Crippen LogP contribution >= 0.6 is 0 Å². The molecule has 8 rings (SSSR count). The molecule has 0 spiro atoms. The molecule has 0 saturated heterocycles. The molecule has 35 heavy (non-hydrogen) atoms. The van der Waals surface area contributed by atoms with Crippen molar-refractivity contribution in [2.45, 2.75) is 6.92 Å². The molecule has 4 heteroatoms. The van der Waals surface area contributed by atoms with Gasteiger partial charge >= 0.3 is 0 Å². The van der Waals surface area contributed by atoms with E-state index in [2.05, 4.69) is 102 Å². The standard InChI is InChI=1S/C31H20BNO2/c1-19-14-15-26-22(16-19)21-8-2-5-11-25(21)33(26)20-17-29-31-30(18-20)35-28-13-7-4-10-24(28)32(31)23-9-3-6-12-27(23)34-29/h2-18H,1H3. The van der Waals surface area contributed by atoms with Crippen LogP contribution in [0.25, 0.3) is 27.5 Å². The van der Waals surface area contributed by atoms with Gasteiger partial charge in [-0.05, 0) is 48.2 Å². The molecule has 2 aliphatic heterocycles. The van der Waals surface area contributed by atoms with Crippen LogP contribution in [0.3, 0.4) is 0 Å². The highest BCUT2D eigenvalue weighted by Crippen LogP contribution is 2.39. The third-order valence-corrected chi connectivity index (χ3v) is 7.36. The topological polar surface area (TPSA) is 23.4 Å². The van der Waals surface area contributed by atoms with Crippen LogP contribution in [0.2, 0.25) is 0 Å². The van der Waals surface area contributed by atoms with Crippen LogP contribution in [-0.2, 0) is 0 Å². The fraction of sp³-hybridized carbons (Fsp3) is 0.0323. The number of aromatic nitrogens is 1. The molecule has 0 bridgehead atoms. The lowest BCUT2D eigenvalue weighted by Gasteiger charge is -2.33. The monoisotopic (exact) mass is 449 g/mol. The molecule has 0 fully saturated rings. The number of nitrogens with zero attached hydrogens (tertiary/aromatic N) is 1. The van der Waals surface area contributed by atoms with Crippen molar-refractivity contribution in [3.8, 4) is 28.7 Å². The van der Waals surface area contributed by atoms with Crippen LogP contribution in [0, 0.1) is 6.92 Å². The van der Waals surface area contributed by atoms with E-state index < -0.39 is 0 Å². The van der Waals surface area contributed by atoms with Gasteiger partial charge in [-0.3, -0.25) is 0 Å². The Bertz CT molecular complexity index is 1760. The molecular formula is C31H20BNO2. The van der Waals surface area contributed by atoms with E-state index in [1.54, 1.807) is 0 Å². The first-order valence-electron chi connectivity index (χ1n) is 12.0. The lowest BCUT2D eigenvalue weighted by atomic mass is 9.35. The molecule has 2 aliphatic rings. The van der Waals surface area contributed by atoms with E-state index in [1.165, 1.54) is 38.3 Å². The third-order valence-electron chi connectivity index (χ3n) is 7.36. The zero-order valence-corrected chi connectivity index (χ0v) is 19.2. The minimum Gasteiger partial charge on any atom is -0.458 e. The van der Waals surface area contributed by atoms with Crippen molar-refractivity contribution >= 4 is 44.9 Å². The maximum atomic E-state index is 6.53. The van der Waals surface area contributed by atoms with Crippen molar-refractivity contribution in [2.75, 3.05) is 0 Å². The predicted molar refractivity (Wildman–Crippen MR) is 143 cm³/mol. The van der Waals surface area contributed by atoms with Gasteiger partial charge in [0.15, 0.2) is 0 Å². The summed E-state index contributed by atoms with van der Waals surface area (Å²) in [4.78, 5) is 0. The van der Waals surface area contributed by atoms with E-state index in [1.807, 2.05) is 12.1 Å². The van der Waals surface area contributed by atoms with Gasteiger partial charge in [-0.2, -0.15) is 0 Å². The van der Waals surface area contributed by atoms with Crippen molar-refractivity contribution in [3.63, 3.8) is 0 Å². The highest BCUT2D eigenvalue weighted by molar-refractivity contribution is 6.98. The minimum atomic E-state index is 0.0877. The number of para-hydroxylation sites is 3. The molecule has 0 unspecified atom stereocenters. The van der Waals surface area contributed by atoms with Crippen molar-refractivity contribution in [1.82, 2.24) is 4.57 Å². The number of benzene rings is 5. The van der Waals surface area contributed by atoms with E-state index in [4.69, 9.17) is 9.47 Å². The van der Waals surface area contributed by atoms with E-state index in [0.717, 1.165) is 34.1 Å². The molecule has 6 aromatic rings. The number of hydrogen-bond acceptors (Lipinski definition) is 2. The second-order valence-corrected chi connectivity index (χ2v) is 9.44. The predicted octanol–water partition coefficient (Wildman–Crippen LogP) is 5.82. The van der Waals surface area contributed by atoms with E-state index in [-0.39, 0.29) is 6.71 Å². The molecule has 0 atom stereocenters. The molecular weight excluding hydrogens is 429 g/mol. The van der Waals surface area contributed by atoms with Crippen LogP contribution in [-0.4, -0.2) is 11.3 Å². The van der Waals surface area contributed by atoms with Gasteiger partial charge in [0.25, 0.3) is 6.71 Å². The van der Waals surface area contributed by atoms with Crippen LogP contribution in [0.5, 0.6) is 23.0 Å². The Kier molecular flexibility index (Phi) is 3.68. The Morgan fingerprint density at radius 2 is 1.17 bits per heavy atom. The zero-order valence-electron chi connectivity index (χ0n) is 19.2. The summed E-state index contributed by atoms with van der Waals surface area (Å²) in [6, 6.07) is 36.3. The van der Waals surface area contributed by atoms with Crippen LogP contribution in [0.15, 0.2) is 103 Å². The van der Waals surface area contributed by atoms with Gasteiger partial charge in [0, 0.05) is 28.4 Å². The second kappa shape index (κ2) is 6.80. The van der Waals surface area contributed by atoms with Gasteiger partial charge in [0.1, 0.15) is 23.0 Å². The molecule has 3 nitrogen and oxygen atoms in total. The van der Waals surface area contributed by atoms with Crippen molar-refractivity contribution in [3.05, 3.63) is 109 Å². The molecule has 5 aromatic carbocycles. The summed E-state index contributed by atoms with van der Waals surface area (Å²) >= 11 is 0. The fourth-order valence-electron chi connectivity index (χ4n) is 5.87. The van der Waals surface area contributed by atoms with Crippen LogP contribution < -0.4 is 25.9 Å². The number of hydrogen-bond donors (Lipinski definition) is 0. The smallest absolute Gasteiger partial charge is 0.260 e. The summed E-state index contributed by atoms with van der Waals surface area (Å²) in [7, 11) is 0. The maximum Gasteiger partial charge on any atom is 0.260 e. The lowest BCUT2D eigenvalue weighted by Crippen LogP contribution is -2.57. The fourth-order valence-corrected chi connectivity index (χ4v) is 5.87. The Balaban J connectivity index is 1.44. The lowest BCUT2D eigenvalue weighted by molar-refractivity contribution is 0.464. The molecule has 1 aromatic heterocycles. The van der Waals surface area contributed by atoms with Crippen molar-refractivity contribution in [1.29, 1.82) is 0 Å². The molecule has 164 valence electrons. The molecule has 0 amide bonds. The summed E-state index contributed by atoms with van der Waals surface area (Å²) in [6.07, 6.45) is 0. The minimum absolute atomic E-state index is 0.0877. The Labute approximate surface area is 203 Å². The normalized spacial score (nSPS) is 13.1. The summed E-state index contributed by atoms with van der Waals surface area (Å²) < 4.78 is 15.4. The Hall–Kier alpha value is -4.44. The quantitative estimate of drug-likeness (QED) is 0.295. The van der Waals surface area contributed by atoms with E-state index >= 15 is 0 Å². The first kappa shape index (κ1) is 18.9. The number of aryl methyl sites for hydroxylation is 1. The summed E-state index contributed by atoms with van der Waals surface area (Å²) in [5.41, 5.74) is 8.09. The van der Waals surface area contributed by atoms with Gasteiger partial charge in [0.2, 0.25) is 0 Å². The molecule has 3 heterocycles. The van der Waals surface area contributed by atoms with Gasteiger partial charge in [-0.25, -0.2) is 0 Å². The highest BCUT2D eigenvalue weighted by Gasteiger charge is 2.40. The van der Waals surface area contributed by atoms with Crippen LogP contribution in [0.1, 0.15) is 5.56 Å². The zero-order chi connectivity index (χ0) is 23.1. The Morgan fingerprint density at radius 1 is 0.571 bits per heavy atom. The summed E-state index contributed by atoms with van der Waals surface area (Å²) in [6.45, 7) is 2.23. The Morgan fingerprint density at radius 3 is 1.89 bits per heavy atom. The first-order valence-corrected chi connectivity index (χ1v) is 12.0. The van der Waals surface area contributed by atoms with Gasteiger partial charge in [-0.15, -0.1) is 0 Å². The SMILES string of the molecule is Cc1ccc2c(c1)c1ccccc1n2-c1cc2c3c(c1)Oc1ccccc1B3c1ccccc1O2. The molecule has 0 N–H and O–H groups in total. The average Bonchev–Trinajstić information content (AvgIpc) is 3.22. The molecule has 0 radical (unpaired) electrons. The summed E-state index contributed by atoms with van der Waals surface area (Å²) in [5.74, 6) is 3.52. The second-order valence-electron chi connectivity index (χ2n) is 9.44. The number of fused-ring (bicyclic) bond motifs is 7. The van der Waals surface area contributed by atoms with Crippen molar-refractivity contribution < 1.29 is 9.47 Å². The molecule has 0 saturated carbocycles. The highest BCUT2D eigenvalue weighted by atomic mass is 16.5. The van der Waals surface area contributed by atoms with E-state index in [0.29, 0.717) is 0 Å². The molecule has 0 aliphatic carbocycles. The van der Waals surface area contributed by atoms with E-state index in [9.17, 15) is 0 Å². The average molecular weight is 449 g/mol. The number of ether oxygens (including phenoxy) is 2. The van der Waals surface area contributed by atoms with Crippen LogP contribution in [0.4, 0.5) is 0 Å². The van der Waals surface area contributed by atoms with Gasteiger partial charge < -0.3 is 14.0 Å². The van der Waals surface area contributed by atoms with Gasteiger partial charge in [-0.1, -0.05) is 66.2 Å². The third kappa shape index (κ3) is 2.57. The number of rotatable bonds is 1. The largest absolute Gasteiger partial charge is 0.458 e. The summed E-state index contributed by atoms with van der Waals surface area (Å²) in [5, 5.41) is 2.50. The maximum absolute atomic E-state index is 6.53. The first-order chi connectivity index (χ1) is 17.3. The van der Waals surface area contributed by atoms with Crippen molar-refractivity contribution in [2.24, 2.45) is 0 Å². The van der Waals surface area contributed by atoms with Gasteiger partial charge in [0.05, 0.1) is 16.7 Å².